The van der Waals surface area contributed by atoms with Gasteiger partial charge in [0.05, 0.1) is 0 Å². The Morgan fingerprint density at radius 1 is 0.958 bits per heavy atom. The van der Waals surface area contributed by atoms with E-state index in [0.717, 1.165) is 5.56 Å². The molecule has 0 aromatic heterocycles. The van der Waals surface area contributed by atoms with E-state index in [4.69, 9.17) is 4.74 Å². The van der Waals surface area contributed by atoms with Gasteiger partial charge in [-0.3, -0.25) is 0 Å². The van der Waals surface area contributed by atoms with Crippen molar-refractivity contribution >= 4 is 12.0 Å². The average molecular weight is 322 g/mol. The molecule has 126 valence electrons. The molecule has 0 aliphatic heterocycles. The third kappa shape index (κ3) is 5.09. The molecule has 0 radical (unpaired) electrons. The summed E-state index contributed by atoms with van der Waals surface area (Å²) >= 11 is 0. The Morgan fingerprint density at radius 2 is 1.54 bits per heavy atom. The van der Waals surface area contributed by atoms with Crippen molar-refractivity contribution < 1.29 is 9.53 Å². The number of ether oxygens (including phenoxy) is 1. The Hall–Kier alpha value is -2.35. The van der Waals surface area contributed by atoms with Crippen LogP contribution in [0.2, 0.25) is 0 Å². The molecule has 0 saturated carbocycles. The number of esters is 1. The maximum absolute atomic E-state index is 11.9. The molecule has 0 amide bonds. The minimum absolute atomic E-state index is 0.0879. The van der Waals surface area contributed by atoms with Gasteiger partial charge in [-0.25, -0.2) is 4.79 Å². The van der Waals surface area contributed by atoms with Crippen LogP contribution in [-0.2, 0) is 10.2 Å². The minimum atomic E-state index is -0.369. The number of carbonyl (C=O) groups is 1. The molecule has 2 rings (SSSR count). The van der Waals surface area contributed by atoms with Gasteiger partial charge in [0, 0.05) is 6.08 Å². The van der Waals surface area contributed by atoms with E-state index >= 15 is 0 Å². The van der Waals surface area contributed by atoms with Gasteiger partial charge in [0.2, 0.25) is 0 Å². The summed E-state index contributed by atoms with van der Waals surface area (Å²) in [6, 6.07) is 15.9. The smallest absolute Gasteiger partial charge is 0.336 e. The number of rotatable bonds is 4. The quantitative estimate of drug-likeness (QED) is 0.408. The first-order chi connectivity index (χ1) is 11.3. The van der Waals surface area contributed by atoms with Crippen molar-refractivity contribution in [3.8, 4) is 5.75 Å². The van der Waals surface area contributed by atoms with Gasteiger partial charge < -0.3 is 4.74 Å². The van der Waals surface area contributed by atoms with Crippen LogP contribution < -0.4 is 4.74 Å². The highest BCUT2D eigenvalue weighted by Gasteiger charge is 2.13. The Bertz CT molecular complexity index is 699. The van der Waals surface area contributed by atoms with E-state index in [2.05, 4.69) is 46.8 Å². The molecular weight excluding hydrogens is 296 g/mol. The van der Waals surface area contributed by atoms with Crippen LogP contribution in [0.25, 0.3) is 6.08 Å². The first-order valence-corrected chi connectivity index (χ1v) is 8.36. The average Bonchev–Trinajstić information content (AvgIpc) is 2.53. The topological polar surface area (TPSA) is 26.3 Å². The fraction of sp³-hybridized carbons (Fsp3) is 0.318. The summed E-state index contributed by atoms with van der Waals surface area (Å²) < 4.78 is 5.34. The van der Waals surface area contributed by atoms with Crippen LogP contribution in [0.3, 0.4) is 0 Å². The molecule has 0 bridgehead atoms. The molecule has 0 saturated heterocycles. The predicted molar refractivity (Wildman–Crippen MR) is 100 cm³/mol. The summed E-state index contributed by atoms with van der Waals surface area (Å²) in [6.07, 6.45) is 3.23. The maximum atomic E-state index is 11.9. The monoisotopic (exact) mass is 322 g/mol. The van der Waals surface area contributed by atoms with Gasteiger partial charge in [-0.05, 0) is 46.2 Å². The molecule has 2 heteroatoms. The van der Waals surface area contributed by atoms with Crippen LogP contribution >= 0.6 is 0 Å². The van der Waals surface area contributed by atoms with Crippen molar-refractivity contribution in [3.63, 3.8) is 0 Å². The highest BCUT2D eigenvalue weighted by molar-refractivity contribution is 5.88. The molecule has 24 heavy (non-hydrogen) atoms. The highest BCUT2D eigenvalue weighted by atomic mass is 16.5. The number of hydrogen-bond donors (Lipinski definition) is 0. The van der Waals surface area contributed by atoms with Crippen LogP contribution in [0.5, 0.6) is 5.75 Å². The summed E-state index contributed by atoms with van der Waals surface area (Å²) in [5.74, 6) is 0.698. The number of carbonyl (C=O) groups excluding carboxylic acids is 1. The summed E-state index contributed by atoms with van der Waals surface area (Å²) in [5, 5.41) is 0. The molecule has 0 aliphatic rings. The van der Waals surface area contributed by atoms with Gasteiger partial charge in [-0.15, -0.1) is 0 Å². The van der Waals surface area contributed by atoms with Crippen molar-refractivity contribution in [2.24, 2.45) is 0 Å². The first-order valence-electron chi connectivity index (χ1n) is 8.36. The Labute approximate surface area is 145 Å². The van der Waals surface area contributed by atoms with Gasteiger partial charge in [0.1, 0.15) is 5.75 Å². The number of hydrogen-bond acceptors (Lipinski definition) is 2. The van der Waals surface area contributed by atoms with Crippen molar-refractivity contribution in [2.45, 2.75) is 46.0 Å². The lowest BCUT2D eigenvalue weighted by Gasteiger charge is -2.18. The largest absolute Gasteiger partial charge is 0.423 e. The van der Waals surface area contributed by atoms with E-state index in [-0.39, 0.29) is 11.4 Å². The summed E-state index contributed by atoms with van der Waals surface area (Å²) in [6.45, 7) is 10.8. The zero-order valence-corrected chi connectivity index (χ0v) is 15.2. The van der Waals surface area contributed by atoms with E-state index < -0.39 is 0 Å². The lowest BCUT2D eigenvalue weighted by Crippen LogP contribution is -2.11. The van der Waals surface area contributed by atoms with E-state index in [1.807, 2.05) is 36.4 Å². The molecule has 2 aromatic rings. The van der Waals surface area contributed by atoms with Gasteiger partial charge in [0.25, 0.3) is 0 Å². The van der Waals surface area contributed by atoms with E-state index in [0.29, 0.717) is 11.7 Å². The second-order valence-electron chi connectivity index (χ2n) is 7.35. The fourth-order valence-electron chi connectivity index (χ4n) is 2.33. The van der Waals surface area contributed by atoms with Gasteiger partial charge in [-0.2, -0.15) is 0 Å². The second kappa shape index (κ2) is 7.48. The molecule has 0 aliphatic carbocycles. The molecular formula is C22H26O2. The van der Waals surface area contributed by atoms with Crippen LogP contribution in [0.15, 0.2) is 54.6 Å². The molecule has 0 heterocycles. The van der Waals surface area contributed by atoms with Crippen molar-refractivity contribution in [2.75, 3.05) is 0 Å². The van der Waals surface area contributed by atoms with Gasteiger partial charge >= 0.3 is 5.97 Å². The summed E-state index contributed by atoms with van der Waals surface area (Å²) in [5.41, 5.74) is 3.57. The standard InChI is InChI=1S/C22H26O2/c1-16(2)18-9-6-17(7-10-18)8-15-21(23)24-20-13-11-19(12-14-20)22(3,4)5/h6-16H,1-5H3/b15-8+. The number of benzene rings is 2. The molecule has 0 spiro atoms. The lowest BCUT2D eigenvalue weighted by molar-refractivity contribution is -0.128. The second-order valence-corrected chi connectivity index (χ2v) is 7.35. The van der Waals surface area contributed by atoms with Crippen LogP contribution in [0.4, 0.5) is 0 Å². The van der Waals surface area contributed by atoms with Crippen molar-refractivity contribution in [1.82, 2.24) is 0 Å². The third-order valence-corrected chi connectivity index (χ3v) is 3.95. The first kappa shape index (κ1) is 18.0. The summed E-state index contributed by atoms with van der Waals surface area (Å²) in [7, 11) is 0. The van der Waals surface area contributed by atoms with Crippen LogP contribution in [0, 0.1) is 0 Å². The molecule has 0 unspecified atom stereocenters. The lowest BCUT2D eigenvalue weighted by atomic mass is 9.87. The highest BCUT2D eigenvalue weighted by Crippen LogP contribution is 2.24. The van der Waals surface area contributed by atoms with Crippen LogP contribution in [0.1, 0.15) is 57.2 Å². The molecule has 0 atom stereocenters. The van der Waals surface area contributed by atoms with Crippen molar-refractivity contribution in [1.29, 1.82) is 0 Å². The van der Waals surface area contributed by atoms with E-state index in [9.17, 15) is 4.79 Å². The molecule has 2 aromatic carbocycles. The van der Waals surface area contributed by atoms with E-state index in [1.54, 1.807) is 6.08 Å². The van der Waals surface area contributed by atoms with Crippen molar-refractivity contribution in [3.05, 3.63) is 71.3 Å². The normalized spacial score (nSPS) is 11.9. The fourth-order valence-corrected chi connectivity index (χ4v) is 2.33. The minimum Gasteiger partial charge on any atom is -0.423 e. The van der Waals surface area contributed by atoms with E-state index in [1.165, 1.54) is 17.2 Å². The Balaban J connectivity index is 1.97. The molecule has 2 nitrogen and oxygen atoms in total. The third-order valence-electron chi connectivity index (χ3n) is 3.95. The van der Waals surface area contributed by atoms with Gasteiger partial charge in [-0.1, -0.05) is 71.0 Å². The SMILES string of the molecule is CC(C)c1ccc(/C=C/C(=O)Oc2ccc(C(C)(C)C)cc2)cc1. The Kier molecular flexibility index (Phi) is 5.61. The van der Waals surface area contributed by atoms with Crippen LogP contribution in [-0.4, -0.2) is 5.97 Å². The molecule has 0 fully saturated rings. The van der Waals surface area contributed by atoms with Gasteiger partial charge in [0.15, 0.2) is 0 Å². The zero-order valence-electron chi connectivity index (χ0n) is 15.2. The zero-order chi connectivity index (χ0) is 17.7. The maximum Gasteiger partial charge on any atom is 0.336 e. The predicted octanol–water partition coefficient (Wildman–Crippen LogP) is 5.73. The Morgan fingerprint density at radius 3 is 2.04 bits per heavy atom. The summed E-state index contributed by atoms with van der Waals surface area (Å²) in [4.78, 5) is 11.9. The molecule has 0 N–H and O–H groups in total.